The summed E-state index contributed by atoms with van der Waals surface area (Å²) in [6.07, 6.45) is -0.00985. The van der Waals surface area contributed by atoms with Gasteiger partial charge in [-0.15, -0.1) is 0 Å². The minimum absolute atomic E-state index is 0.00985. The zero-order chi connectivity index (χ0) is 18.6. The second-order valence-electron chi connectivity index (χ2n) is 5.53. The summed E-state index contributed by atoms with van der Waals surface area (Å²) in [6.45, 7) is 3.37. The lowest BCUT2D eigenvalue weighted by Gasteiger charge is -2.21. The molecule has 25 heavy (non-hydrogen) atoms. The normalized spacial score (nSPS) is 10.4. The summed E-state index contributed by atoms with van der Waals surface area (Å²) in [5, 5.41) is 2.99. The Hall–Kier alpha value is -2.47. The van der Waals surface area contributed by atoms with Gasteiger partial charge in [-0.3, -0.25) is 9.59 Å². The van der Waals surface area contributed by atoms with Crippen LogP contribution in [-0.2, 0) is 9.59 Å². The second kappa shape index (κ2) is 8.07. The molecule has 0 atom stereocenters. The summed E-state index contributed by atoms with van der Waals surface area (Å²) in [6, 6.07) is 8.28. The fourth-order valence-electron chi connectivity index (χ4n) is 2.23. The lowest BCUT2D eigenvalue weighted by atomic mass is 10.2. The molecule has 132 valence electrons. The van der Waals surface area contributed by atoms with E-state index in [1.165, 1.54) is 17.9 Å². The van der Waals surface area contributed by atoms with Crippen molar-refractivity contribution in [3.05, 3.63) is 58.6 Å². The molecule has 0 unspecified atom stereocenters. The van der Waals surface area contributed by atoms with E-state index in [0.29, 0.717) is 10.7 Å². The summed E-state index contributed by atoms with van der Waals surface area (Å²) in [7, 11) is 0. The predicted octanol–water partition coefficient (Wildman–Crippen LogP) is 4.31. The Morgan fingerprint density at radius 1 is 1.12 bits per heavy atom. The molecule has 0 heterocycles. The molecule has 0 aliphatic heterocycles. The number of benzene rings is 2. The van der Waals surface area contributed by atoms with Crippen LogP contribution in [-0.4, -0.2) is 18.4 Å². The predicted molar refractivity (Wildman–Crippen MR) is 93.8 cm³/mol. The molecule has 2 amide bonds. The molecule has 0 saturated heterocycles. The third kappa shape index (κ3) is 5.00. The van der Waals surface area contributed by atoms with Crippen molar-refractivity contribution >= 4 is 34.8 Å². The van der Waals surface area contributed by atoms with Crippen LogP contribution in [0.2, 0.25) is 5.02 Å². The van der Waals surface area contributed by atoms with Gasteiger partial charge in [0.1, 0.15) is 0 Å². The Balaban J connectivity index is 2.02. The van der Waals surface area contributed by atoms with Crippen LogP contribution in [0.15, 0.2) is 36.4 Å². The van der Waals surface area contributed by atoms with Crippen LogP contribution in [0, 0.1) is 18.6 Å². The van der Waals surface area contributed by atoms with Crippen molar-refractivity contribution in [3.8, 4) is 0 Å². The quantitative estimate of drug-likeness (QED) is 0.857. The zero-order valence-corrected chi connectivity index (χ0v) is 14.5. The highest BCUT2D eigenvalue weighted by Gasteiger charge is 2.15. The summed E-state index contributed by atoms with van der Waals surface area (Å²) in [5.41, 5.74) is 1.62. The first-order chi connectivity index (χ1) is 11.8. The number of carbonyl (C=O) groups is 2. The van der Waals surface area contributed by atoms with Crippen LogP contribution < -0.4 is 10.2 Å². The number of hydrogen-bond acceptors (Lipinski definition) is 2. The average Bonchev–Trinajstić information content (AvgIpc) is 2.54. The van der Waals surface area contributed by atoms with Gasteiger partial charge in [0.05, 0.1) is 0 Å². The number of aryl methyl sites for hydroxylation is 1. The fraction of sp³-hybridized carbons (Fsp3) is 0.222. The molecule has 0 aliphatic carbocycles. The number of halogens is 3. The zero-order valence-electron chi connectivity index (χ0n) is 13.8. The Labute approximate surface area is 149 Å². The topological polar surface area (TPSA) is 49.4 Å². The fourth-order valence-corrected chi connectivity index (χ4v) is 2.40. The molecular weight excluding hydrogens is 350 g/mol. The first-order valence-corrected chi connectivity index (χ1v) is 7.95. The lowest BCUT2D eigenvalue weighted by molar-refractivity contribution is -0.117. The van der Waals surface area contributed by atoms with E-state index < -0.39 is 17.5 Å². The van der Waals surface area contributed by atoms with Crippen LogP contribution in [0.1, 0.15) is 18.9 Å². The first kappa shape index (κ1) is 18.9. The van der Waals surface area contributed by atoms with Gasteiger partial charge >= 0.3 is 0 Å². The van der Waals surface area contributed by atoms with Crippen molar-refractivity contribution in [3.63, 3.8) is 0 Å². The molecule has 4 nitrogen and oxygen atoms in total. The van der Waals surface area contributed by atoms with E-state index in [1.54, 1.807) is 18.2 Å². The molecule has 1 N–H and O–H groups in total. The summed E-state index contributed by atoms with van der Waals surface area (Å²) in [5.74, 6) is -2.69. The third-order valence-corrected chi connectivity index (χ3v) is 4.02. The van der Waals surface area contributed by atoms with Crippen molar-refractivity contribution in [2.75, 3.05) is 16.8 Å². The van der Waals surface area contributed by atoms with Gasteiger partial charge in [-0.25, -0.2) is 8.78 Å². The molecule has 0 aromatic heterocycles. The minimum Gasteiger partial charge on any atom is -0.326 e. The highest BCUT2D eigenvalue weighted by molar-refractivity contribution is 6.31. The van der Waals surface area contributed by atoms with Crippen LogP contribution in [0.3, 0.4) is 0 Å². The smallest absolute Gasteiger partial charge is 0.226 e. The largest absolute Gasteiger partial charge is 0.326 e. The SMILES string of the molecule is CC(=O)N(CCC(=O)Nc1ccc(F)c(F)c1)c1ccc(C)c(Cl)c1. The van der Waals surface area contributed by atoms with Gasteiger partial charge < -0.3 is 10.2 Å². The number of carbonyl (C=O) groups excluding carboxylic acids is 2. The summed E-state index contributed by atoms with van der Waals surface area (Å²) >= 11 is 6.08. The molecule has 2 aromatic carbocycles. The highest BCUT2D eigenvalue weighted by Crippen LogP contribution is 2.23. The Morgan fingerprint density at radius 3 is 2.44 bits per heavy atom. The Kier molecular flexibility index (Phi) is 6.09. The van der Waals surface area contributed by atoms with Crippen molar-refractivity contribution in [2.24, 2.45) is 0 Å². The van der Waals surface area contributed by atoms with Gasteiger partial charge in [0.15, 0.2) is 11.6 Å². The average molecular weight is 367 g/mol. The van der Waals surface area contributed by atoms with Gasteiger partial charge in [-0.05, 0) is 36.8 Å². The number of amides is 2. The van der Waals surface area contributed by atoms with Crippen molar-refractivity contribution in [1.82, 2.24) is 0 Å². The summed E-state index contributed by atoms with van der Waals surface area (Å²) in [4.78, 5) is 25.3. The number of rotatable bonds is 5. The maximum atomic E-state index is 13.1. The van der Waals surface area contributed by atoms with E-state index in [-0.39, 0.29) is 24.6 Å². The maximum Gasteiger partial charge on any atom is 0.226 e. The molecule has 0 bridgehead atoms. The first-order valence-electron chi connectivity index (χ1n) is 7.57. The van der Waals surface area contributed by atoms with E-state index in [1.807, 2.05) is 6.92 Å². The molecule has 0 aliphatic rings. The van der Waals surface area contributed by atoms with E-state index in [4.69, 9.17) is 11.6 Å². The monoisotopic (exact) mass is 366 g/mol. The maximum absolute atomic E-state index is 13.1. The molecule has 2 aromatic rings. The third-order valence-electron chi connectivity index (χ3n) is 3.61. The number of hydrogen-bond donors (Lipinski definition) is 1. The Bertz CT molecular complexity index is 812. The van der Waals surface area contributed by atoms with Crippen molar-refractivity contribution < 1.29 is 18.4 Å². The van der Waals surface area contributed by atoms with Crippen LogP contribution in [0.5, 0.6) is 0 Å². The van der Waals surface area contributed by atoms with Crippen molar-refractivity contribution in [1.29, 1.82) is 0 Å². The van der Waals surface area contributed by atoms with E-state index in [2.05, 4.69) is 5.32 Å². The van der Waals surface area contributed by atoms with E-state index in [0.717, 1.165) is 17.7 Å². The molecule has 7 heteroatoms. The number of nitrogens with one attached hydrogen (secondary N) is 1. The van der Waals surface area contributed by atoms with Gasteiger partial charge in [-0.2, -0.15) is 0 Å². The van der Waals surface area contributed by atoms with Crippen LogP contribution in [0.25, 0.3) is 0 Å². The van der Waals surface area contributed by atoms with Gasteiger partial charge in [0.25, 0.3) is 0 Å². The molecule has 0 radical (unpaired) electrons. The standard InChI is InChI=1S/C18H17ClF2N2O2/c1-11-3-5-14(10-15(11)19)23(12(2)24)8-7-18(25)22-13-4-6-16(20)17(21)9-13/h3-6,9-10H,7-8H2,1-2H3,(H,22,25). The van der Waals surface area contributed by atoms with Crippen LogP contribution >= 0.6 is 11.6 Å². The minimum atomic E-state index is -1.04. The number of anilines is 2. The van der Waals surface area contributed by atoms with Gasteiger partial charge in [-0.1, -0.05) is 17.7 Å². The van der Waals surface area contributed by atoms with Gasteiger partial charge in [0.2, 0.25) is 11.8 Å². The molecule has 2 rings (SSSR count). The molecule has 0 fully saturated rings. The van der Waals surface area contributed by atoms with E-state index >= 15 is 0 Å². The molecular formula is C18H17ClF2N2O2. The molecule has 0 spiro atoms. The number of nitrogens with zero attached hydrogens (tertiary/aromatic N) is 1. The van der Waals surface area contributed by atoms with Crippen molar-refractivity contribution in [2.45, 2.75) is 20.3 Å². The molecule has 0 saturated carbocycles. The van der Waals surface area contributed by atoms with Crippen LogP contribution in [0.4, 0.5) is 20.2 Å². The summed E-state index contributed by atoms with van der Waals surface area (Å²) < 4.78 is 26.0. The van der Waals surface area contributed by atoms with Gasteiger partial charge in [0, 0.05) is 42.4 Å². The lowest BCUT2D eigenvalue weighted by Crippen LogP contribution is -2.32. The Morgan fingerprint density at radius 2 is 1.84 bits per heavy atom. The van der Waals surface area contributed by atoms with E-state index in [9.17, 15) is 18.4 Å². The highest BCUT2D eigenvalue weighted by atomic mass is 35.5. The second-order valence-corrected chi connectivity index (χ2v) is 5.94.